The van der Waals surface area contributed by atoms with Crippen molar-refractivity contribution in [3.05, 3.63) is 17.0 Å². The maximum atomic E-state index is 5.57. The molecule has 6 heteroatoms. The number of rotatable bonds is 2. The molecule has 0 aliphatic carbocycles. The molecule has 0 saturated carbocycles. The van der Waals surface area contributed by atoms with E-state index in [9.17, 15) is 0 Å². The number of aromatic nitrogens is 4. The van der Waals surface area contributed by atoms with Gasteiger partial charge in [0.25, 0.3) is 11.2 Å². The highest BCUT2D eigenvalue weighted by molar-refractivity contribution is 6.28. The Labute approximate surface area is 85.7 Å². The van der Waals surface area contributed by atoms with E-state index in [2.05, 4.69) is 15.2 Å². The van der Waals surface area contributed by atoms with Gasteiger partial charge in [0, 0.05) is 6.54 Å². The SMILES string of the molecule is CCn1nc(C)cc1-c1nc(Cl)no1. The van der Waals surface area contributed by atoms with E-state index in [4.69, 9.17) is 16.1 Å². The van der Waals surface area contributed by atoms with Crippen LogP contribution in [0.5, 0.6) is 0 Å². The smallest absolute Gasteiger partial charge is 0.277 e. The molecule has 0 aromatic carbocycles. The summed E-state index contributed by atoms with van der Waals surface area (Å²) < 4.78 is 6.74. The van der Waals surface area contributed by atoms with Crippen LogP contribution in [-0.4, -0.2) is 19.9 Å². The van der Waals surface area contributed by atoms with Crippen molar-refractivity contribution in [3.8, 4) is 11.6 Å². The first kappa shape index (κ1) is 9.21. The Balaban J connectivity index is 2.49. The van der Waals surface area contributed by atoms with Gasteiger partial charge in [0.15, 0.2) is 0 Å². The summed E-state index contributed by atoms with van der Waals surface area (Å²) in [5, 5.41) is 7.89. The van der Waals surface area contributed by atoms with Crippen LogP contribution in [0.3, 0.4) is 0 Å². The number of halogens is 1. The van der Waals surface area contributed by atoms with E-state index >= 15 is 0 Å². The predicted octanol–water partition coefficient (Wildman–Crippen LogP) is 1.91. The zero-order valence-electron chi connectivity index (χ0n) is 7.86. The molecule has 0 N–H and O–H groups in total. The minimum Gasteiger partial charge on any atom is -0.331 e. The fourth-order valence-electron chi connectivity index (χ4n) is 1.27. The number of hydrogen-bond acceptors (Lipinski definition) is 4. The fourth-order valence-corrected chi connectivity index (χ4v) is 1.38. The molecule has 0 unspecified atom stereocenters. The van der Waals surface area contributed by atoms with Gasteiger partial charge in [-0.2, -0.15) is 10.1 Å². The van der Waals surface area contributed by atoms with Crippen LogP contribution in [0, 0.1) is 6.92 Å². The highest BCUT2D eigenvalue weighted by Crippen LogP contribution is 2.19. The minimum absolute atomic E-state index is 0.113. The molecule has 2 aromatic heterocycles. The first-order chi connectivity index (χ1) is 6.70. The average molecular weight is 213 g/mol. The van der Waals surface area contributed by atoms with Crippen LogP contribution < -0.4 is 0 Å². The van der Waals surface area contributed by atoms with Crippen molar-refractivity contribution in [2.24, 2.45) is 0 Å². The monoisotopic (exact) mass is 212 g/mol. The van der Waals surface area contributed by atoms with Crippen molar-refractivity contribution in [2.45, 2.75) is 20.4 Å². The largest absolute Gasteiger partial charge is 0.331 e. The van der Waals surface area contributed by atoms with Gasteiger partial charge >= 0.3 is 0 Å². The molecule has 74 valence electrons. The van der Waals surface area contributed by atoms with Crippen molar-refractivity contribution < 1.29 is 4.52 Å². The molecule has 14 heavy (non-hydrogen) atoms. The Morgan fingerprint density at radius 3 is 2.93 bits per heavy atom. The molecule has 2 aromatic rings. The van der Waals surface area contributed by atoms with Crippen LogP contribution in [0.4, 0.5) is 0 Å². The lowest BCUT2D eigenvalue weighted by atomic mass is 10.3. The summed E-state index contributed by atoms with van der Waals surface area (Å²) in [7, 11) is 0. The van der Waals surface area contributed by atoms with E-state index < -0.39 is 0 Å². The lowest BCUT2D eigenvalue weighted by molar-refractivity contribution is 0.425. The topological polar surface area (TPSA) is 56.7 Å². The third-order valence-electron chi connectivity index (χ3n) is 1.82. The molecule has 0 saturated heterocycles. The second-order valence-electron chi connectivity index (χ2n) is 2.86. The van der Waals surface area contributed by atoms with Crippen LogP contribution >= 0.6 is 11.6 Å². The van der Waals surface area contributed by atoms with Gasteiger partial charge in [-0.1, -0.05) is 0 Å². The van der Waals surface area contributed by atoms with Crippen LogP contribution in [-0.2, 0) is 6.54 Å². The highest BCUT2D eigenvalue weighted by atomic mass is 35.5. The summed E-state index contributed by atoms with van der Waals surface area (Å²) in [5.41, 5.74) is 1.71. The van der Waals surface area contributed by atoms with Gasteiger partial charge in [-0.15, -0.1) is 0 Å². The Bertz CT molecular complexity index is 448. The van der Waals surface area contributed by atoms with E-state index in [0.29, 0.717) is 5.89 Å². The minimum atomic E-state index is 0.113. The van der Waals surface area contributed by atoms with Gasteiger partial charge < -0.3 is 4.52 Å². The first-order valence-electron chi connectivity index (χ1n) is 4.24. The number of hydrogen-bond donors (Lipinski definition) is 0. The van der Waals surface area contributed by atoms with Gasteiger partial charge in [-0.25, -0.2) is 0 Å². The van der Waals surface area contributed by atoms with Crippen molar-refractivity contribution >= 4 is 11.6 Å². The summed E-state index contributed by atoms with van der Waals surface area (Å²) in [5.74, 6) is 0.400. The van der Waals surface area contributed by atoms with Gasteiger partial charge in [0.1, 0.15) is 5.69 Å². The number of nitrogens with zero attached hydrogens (tertiary/aromatic N) is 4. The highest BCUT2D eigenvalue weighted by Gasteiger charge is 2.13. The normalized spacial score (nSPS) is 10.8. The molecular weight excluding hydrogens is 204 g/mol. The third kappa shape index (κ3) is 1.50. The van der Waals surface area contributed by atoms with Crippen molar-refractivity contribution in [1.82, 2.24) is 19.9 Å². The summed E-state index contributed by atoms with van der Waals surface area (Å²) in [6.45, 7) is 4.66. The quantitative estimate of drug-likeness (QED) is 0.763. The molecule has 0 fully saturated rings. The molecule has 0 aliphatic rings. The summed E-state index contributed by atoms with van der Waals surface area (Å²) >= 11 is 5.57. The standard InChI is InChI=1S/C8H9ClN4O/c1-3-13-6(4-5(2)11-13)7-10-8(9)12-14-7/h4H,3H2,1-2H3. The van der Waals surface area contributed by atoms with Crippen molar-refractivity contribution in [2.75, 3.05) is 0 Å². The zero-order chi connectivity index (χ0) is 10.1. The molecule has 0 atom stereocenters. The van der Waals surface area contributed by atoms with Gasteiger partial charge in [0.05, 0.1) is 5.69 Å². The second kappa shape index (κ2) is 3.42. The Morgan fingerprint density at radius 1 is 1.57 bits per heavy atom. The molecule has 2 heterocycles. The van der Waals surface area contributed by atoms with Gasteiger partial charge in [0.2, 0.25) is 0 Å². The third-order valence-corrected chi connectivity index (χ3v) is 1.98. The predicted molar refractivity (Wildman–Crippen MR) is 50.9 cm³/mol. The second-order valence-corrected chi connectivity index (χ2v) is 3.19. The molecule has 2 rings (SSSR count). The fraction of sp³-hybridized carbons (Fsp3) is 0.375. The van der Waals surface area contributed by atoms with Crippen molar-refractivity contribution in [3.63, 3.8) is 0 Å². The molecule has 0 amide bonds. The van der Waals surface area contributed by atoms with Crippen molar-refractivity contribution in [1.29, 1.82) is 0 Å². The Hall–Kier alpha value is -1.36. The Kier molecular flexibility index (Phi) is 2.25. The van der Waals surface area contributed by atoms with Gasteiger partial charge in [-0.05, 0) is 36.7 Å². The maximum absolute atomic E-state index is 5.57. The molecule has 0 spiro atoms. The Morgan fingerprint density at radius 2 is 2.36 bits per heavy atom. The van der Waals surface area contributed by atoms with Crippen LogP contribution in [0.2, 0.25) is 5.28 Å². The van der Waals surface area contributed by atoms with Crippen LogP contribution in [0.1, 0.15) is 12.6 Å². The lowest BCUT2D eigenvalue weighted by Crippen LogP contribution is -1.99. The molecular formula is C8H9ClN4O. The number of aryl methyl sites for hydroxylation is 2. The van der Waals surface area contributed by atoms with Crippen LogP contribution in [0.15, 0.2) is 10.6 Å². The molecule has 5 nitrogen and oxygen atoms in total. The van der Waals surface area contributed by atoms with E-state index in [1.807, 2.05) is 19.9 Å². The van der Waals surface area contributed by atoms with E-state index in [1.54, 1.807) is 4.68 Å². The van der Waals surface area contributed by atoms with Crippen LogP contribution in [0.25, 0.3) is 11.6 Å². The zero-order valence-corrected chi connectivity index (χ0v) is 8.62. The molecule has 0 bridgehead atoms. The lowest BCUT2D eigenvalue weighted by Gasteiger charge is -1.97. The molecule has 0 aliphatic heterocycles. The summed E-state index contributed by atoms with van der Waals surface area (Å²) in [6.07, 6.45) is 0. The average Bonchev–Trinajstić information content (AvgIpc) is 2.71. The van der Waals surface area contributed by atoms with E-state index in [-0.39, 0.29) is 5.28 Å². The summed E-state index contributed by atoms with van der Waals surface area (Å²) in [4.78, 5) is 3.93. The van der Waals surface area contributed by atoms with E-state index in [0.717, 1.165) is 17.9 Å². The van der Waals surface area contributed by atoms with E-state index in [1.165, 1.54) is 0 Å². The maximum Gasteiger partial charge on any atom is 0.277 e. The summed E-state index contributed by atoms with van der Waals surface area (Å²) in [6, 6.07) is 1.88. The molecule has 0 radical (unpaired) electrons. The first-order valence-corrected chi connectivity index (χ1v) is 4.62. The van der Waals surface area contributed by atoms with Gasteiger partial charge in [-0.3, -0.25) is 4.68 Å².